The van der Waals surface area contributed by atoms with Gasteiger partial charge >= 0.3 is 0 Å². The summed E-state index contributed by atoms with van der Waals surface area (Å²) in [6, 6.07) is 27.5. The third-order valence-electron chi connectivity index (χ3n) is 4.99. The highest BCUT2D eigenvalue weighted by Crippen LogP contribution is 2.34. The molecule has 31 heavy (non-hydrogen) atoms. The van der Waals surface area contributed by atoms with Crippen molar-refractivity contribution in [3.63, 3.8) is 0 Å². The molecule has 152 valence electrons. The van der Waals surface area contributed by atoms with Crippen LogP contribution in [0.5, 0.6) is 11.5 Å². The van der Waals surface area contributed by atoms with E-state index in [1.165, 1.54) is 6.08 Å². The molecule has 0 aliphatic carbocycles. The third kappa shape index (κ3) is 4.19. The Balaban J connectivity index is 1.88. The van der Waals surface area contributed by atoms with Gasteiger partial charge in [0, 0.05) is 22.8 Å². The summed E-state index contributed by atoms with van der Waals surface area (Å²) < 4.78 is 10.6. The lowest BCUT2D eigenvalue weighted by Gasteiger charge is -2.06. The minimum atomic E-state index is 0.629. The van der Waals surface area contributed by atoms with Crippen LogP contribution in [0.15, 0.2) is 84.9 Å². The number of benzene rings is 3. The van der Waals surface area contributed by atoms with Crippen LogP contribution in [0.25, 0.3) is 28.1 Å². The van der Waals surface area contributed by atoms with Gasteiger partial charge in [0.05, 0.1) is 31.7 Å². The first-order chi connectivity index (χ1) is 15.2. The Bertz CT molecular complexity index is 1170. The second kappa shape index (κ2) is 9.02. The molecule has 0 atom stereocenters. The zero-order chi connectivity index (χ0) is 21.6. The number of imidazole rings is 1. The molecule has 4 rings (SSSR count). The number of H-pyrrole nitrogens is 1. The molecule has 1 aromatic heterocycles. The number of aromatic amines is 1. The van der Waals surface area contributed by atoms with E-state index in [0.717, 1.165) is 45.2 Å². The van der Waals surface area contributed by atoms with Crippen molar-refractivity contribution >= 4 is 5.57 Å². The molecule has 0 amide bonds. The van der Waals surface area contributed by atoms with Crippen LogP contribution in [0.3, 0.4) is 0 Å². The summed E-state index contributed by atoms with van der Waals surface area (Å²) in [5.41, 5.74) is 5.22. The third-order valence-corrected chi connectivity index (χ3v) is 4.99. The fourth-order valence-electron chi connectivity index (χ4n) is 3.40. The number of allylic oxidation sites excluding steroid dienone is 1. The summed E-state index contributed by atoms with van der Waals surface area (Å²) in [6.45, 7) is 0. The van der Waals surface area contributed by atoms with Gasteiger partial charge in [0.15, 0.2) is 0 Å². The Hall–Kier alpha value is -4.30. The Morgan fingerprint density at radius 2 is 1.42 bits per heavy atom. The first-order valence-corrected chi connectivity index (χ1v) is 9.78. The van der Waals surface area contributed by atoms with Gasteiger partial charge in [0.1, 0.15) is 17.3 Å². The maximum Gasteiger partial charge on any atom is 0.139 e. The Labute approximate surface area is 181 Å². The van der Waals surface area contributed by atoms with Gasteiger partial charge < -0.3 is 14.5 Å². The summed E-state index contributed by atoms with van der Waals surface area (Å²) in [4.78, 5) is 8.35. The summed E-state index contributed by atoms with van der Waals surface area (Å²) in [6.07, 6.45) is 1.52. The number of rotatable bonds is 6. The molecule has 4 aromatic rings. The Morgan fingerprint density at radius 1 is 0.839 bits per heavy atom. The molecular formula is C26H21N3O2. The molecule has 0 aliphatic heterocycles. The van der Waals surface area contributed by atoms with E-state index in [9.17, 15) is 5.26 Å². The molecule has 5 nitrogen and oxygen atoms in total. The average molecular weight is 407 g/mol. The SMILES string of the molecule is COc1ccc(-c2nc(C(=CC#N)c3ccccc3)[nH]c2-c2ccc(OC)cc2)cc1. The van der Waals surface area contributed by atoms with Gasteiger partial charge in [-0.2, -0.15) is 5.26 Å². The largest absolute Gasteiger partial charge is 0.497 e. The molecule has 0 unspecified atom stereocenters. The lowest BCUT2D eigenvalue weighted by atomic mass is 10.0. The second-order valence-electron chi connectivity index (χ2n) is 6.82. The predicted octanol–water partition coefficient (Wildman–Crippen LogP) is 5.72. The molecule has 0 fully saturated rings. The smallest absolute Gasteiger partial charge is 0.139 e. The minimum absolute atomic E-state index is 0.629. The van der Waals surface area contributed by atoms with Crippen LogP contribution >= 0.6 is 0 Å². The second-order valence-corrected chi connectivity index (χ2v) is 6.82. The van der Waals surface area contributed by atoms with E-state index in [4.69, 9.17) is 14.5 Å². The number of ether oxygens (including phenoxy) is 2. The highest BCUT2D eigenvalue weighted by molar-refractivity contribution is 5.85. The lowest BCUT2D eigenvalue weighted by molar-refractivity contribution is 0.414. The van der Waals surface area contributed by atoms with Crippen LogP contribution in [0.1, 0.15) is 11.4 Å². The van der Waals surface area contributed by atoms with E-state index in [0.29, 0.717) is 5.82 Å². The monoisotopic (exact) mass is 407 g/mol. The average Bonchev–Trinajstić information content (AvgIpc) is 3.28. The summed E-state index contributed by atoms with van der Waals surface area (Å²) in [5.74, 6) is 2.19. The van der Waals surface area contributed by atoms with Crippen molar-refractivity contribution in [1.29, 1.82) is 5.26 Å². The van der Waals surface area contributed by atoms with Gasteiger partial charge in [-0.05, 0) is 54.1 Å². The van der Waals surface area contributed by atoms with E-state index in [-0.39, 0.29) is 0 Å². The first kappa shape index (κ1) is 20.0. The summed E-state index contributed by atoms with van der Waals surface area (Å²) in [7, 11) is 3.29. The first-order valence-electron chi connectivity index (χ1n) is 9.78. The molecule has 1 heterocycles. The predicted molar refractivity (Wildman–Crippen MR) is 122 cm³/mol. The fraction of sp³-hybridized carbons (Fsp3) is 0.0769. The van der Waals surface area contributed by atoms with Crippen LogP contribution in [-0.2, 0) is 0 Å². The van der Waals surface area contributed by atoms with Gasteiger partial charge in [0.25, 0.3) is 0 Å². The van der Waals surface area contributed by atoms with E-state index < -0.39 is 0 Å². The maximum atomic E-state index is 9.39. The van der Waals surface area contributed by atoms with Gasteiger partial charge in [0.2, 0.25) is 0 Å². The van der Waals surface area contributed by atoms with E-state index >= 15 is 0 Å². The number of aromatic nitrogens is 2. The normalized spacial score (nSPS) is 11.1. The zero-order valence-corrected chi connectivity index (χ0v) is 17.3. The van der Waals surface area contributed by atoms with Gasteiger partial charge in [-0.25, -0.2) is 4.98 Å². The number of hydrogen-bond acceptors (Lipinski definition) is 4. The van der Waals surface area contributed by atoms with E-state index in [2.05, 4.69) is 11.1 Å². The molecule has 5 heteroatoms. The van der Waals surface area contributed by atoms with Crippen molar-refractivity contribution in [2.24, 2.45) is 0 Å². The van der Waals surface area contributed by atoms with Crippen molar-refractivity contribution in [2.75, 3.05) is 14.2 Å². The highest BCUT2D eigenvalue weighted by Gasteiger charge is 2.18. The van der Waals surface area contributed by atoms with Crippen LogP contribution in [0.2, 0.25) is 0 Å². The Morgan fingerprint density at radius 3 is 1.97 bits per heavy atom. The number of methoxy groups -OCH3 is 2. The van der Waals surface area contributed by atoms with Crippen molar-refractivity contribution in [2.45, 2.75) is 0 Å². The molecule has 0 aliphatic rings. The van der Waals surface area contributed by atoms with Crippen molar-refractivity contribution in [3.8, 4) is 40.1 Å². The number of nitrogens with one attached hydrogen (secondary N) is 1. The minimum Gasteiger partial charge on any atom is -0.497 e. The van der Waals surface area contributed by atoms with E-state index in [1.807, 2.05) is 78.9 Å². The van der Waals surface area contributed by atoms with Gasteiger partial charge in [-0.3, -0.25) is 0 Å². The van der Waals surface area contributed by atoms with Crippen LogP contribution in [0.4, 0.5) is 0 Å². The molecule has 0 bridgehead atoms. The zero-order valence-electron chi connectivity index (χ0n) is 17.3. The summed E-state index contributed by atoms with van der Waals surface area (Å²) in [5, 5.41) is 9.39. The van der Waals surface area contributed by atoms with Crippen LogP contribution in [-0.4, -0.2) is 24.2 Å². The van der Waals surface area contributed by atoms with Crippen molar-refractivity contribution in [1.82, 2.24) is 9.97 Å². The molecular weight excluding hydrogens is 386 g/mol. The Kier molecular flexibility index (Phi) is 5.82. The van der Waals surface area contributed by atoms with Crippen LogP contribution < -0.4 is 9.47 Å². The number of nitriles is 1. The fourth-order valence-corrected chi connectivity index (χ4v) is 3.40. The molecule has 0 radical (unpaired) electrons. The molecule has 1 N–H and O–H groups in total. The van der Waals surface area contributed by atoms with E-state index in [1.54, 1.807) is 14.2 Å². The number of hydrogen-bond donors (Lipinski definition) is 1. The molecule has 3 aromatic carbocycles. The summed E-state index contributed by atoms with van der Waals surface area (Å²) >= 11 is 0. The van der Waals surface area contributed by atoms with Crippen molar-refractivity contribution in [3.05, 3.63) is 96.3 Å². The maximum absolute atomic E-state index is 9.39. The number of nitrogens with zero attached hydrogens (tertiary/aromatic N) is 2. The van der Waals surface area contributed by atoms with Gasteiger partial charge in [-0.1, -0.05) is 30.3 Å². The molecule has 0 spiro atoms. The topological polar surface area (TPSA) is 70.9 Å². The van der Waals surface area contributed by atoms with Crippen LogP contribution in [0, 0.1) is 11.3 Å². The van der Waals surface area contributed by atoms with Crippen molar-refractivity contribution < 1.29 is 9.47 Å². The van der Waals surface area contributed by atoms with Gasteiger partial charge in [-0.15, -0.1) is 0 Å². The standard InChI is InChI=1S/C26H21N3O2/c1-30-21-12-8-19(9-13-21)24-25(20-10-14-22(31-2)15-11-20)29-26(28-24)23(16-17-27)18-6-4-3-5-7-18/h3-16H,1-2H3,(H,28,29). The quantitative estimate of drug-likeness (QED) is 0.415. The molecule has 0 saturated carbocycles. The molecule has 0 saturated heterocycles. The highest BCUT2D eigenvalue weighted by atomic mass is 16.5. The lowest BCUT2D eigenvalue weighted by Crippen LogP contribution is -1.90.